The molecular weight excluding hydrogens is 423 g/mol. The van der Waals surface area contributed by atoms with Crippen LogP contribution in [0.25, 0.3) is 0 Å². The average molecular weight is 437 g/mol. The second kappa shape index (κ2) is 8.82. The Hall–Kier alpha value is -3.60. The van der Waals surface area contributed by atoms with E-state index < -0.39 is 17.2 Å². The van der Waals surface area contributed by atoms with Gasteiger partial charge in [0.1, 0.15) is 10.6 Å². The molecule has 0 aliphatic carbocycles. The van der Waals surface area contributed by atoms with E-state index in [0.717, 1.165) is 17.7 Å². The second-order valence-electron chi connectivity index (χ2n) is 5.97. The SMILES string of the molecule is O=C(Nc1ccc(OC(F)(F)F)cc1)c1sccc1NCc1ccc([N+](=O)[O-])cc1. The van der Waals surface area contributed by atoms with E-state index in [1.165, 1.54) is 35.6 Å². The summed E-state index contributed by atoms with van der Waals surface area (Å²) in [6.45, 7) is 0.346. The molecule has 0 atom stereocenters. The van der Waals surface area contributed by atoms with Crippen LogP contribution in [-0.2, 0) is 6.54 Å². The lowest BCUT2D eigenvalue weighted by Gasteiger charge is -2.11. The number of nitro benzene ring substituents is 1. The number of benzene rings is 2. The minimum Gasteiger partial charge on any atom is -0.406 e. The fourth-order valence-electron chi connectivity index (χ4n) is 2.48. The number of hydrogen-bond donors (Lipinski definition) is 2. The van der Waals surface area contributed by atoms with E-state index in [1.807, 2.05) is 0 Å². The summed E-state index contributed by atoms with van der Waals surface area (Å²) in [5.74, 6) is -0.817. The normalized spacial score (nSPS) is 11.0. The van der Waals surface area contributed by atoms with Gasteiger partial charge in [-0.05, 0) is 41.3 Å². The van der Waals surface area contributed by atoms with Crippen molar-refractivity contribution in [2.24, 2.45) is 0 Å². The highest BCUT2D eigenvalue weighted by atomic mass is 32.1. The van der Waals surface area contributed by atoms with Gasteiger partial charge in [0.15, 0.2) is 0 Å². The highest BCUT2D eigenvalue weighted by Gasteiger charge is 2.31. The van der Waals surface area contributed by atoms with E-state index in [4.69, 9.17) is 0 Å². The van der Waals surface area contributed by atoms with E-state index in [2.05, 4.69) is 15.4 Å². The van der Waals surface area contributed by atoms with Gasteiger partial charge in [-0.15, -0.1) is 24.5 Å². The minimum absolute atomic E-state index is 0.0130. The first-order valence-corrected chi connectivity index (χ1v) is 9.31. The van der Waals surface area contributed by atoms with Gasteiger partial charge in [0.05, 0.1) is 10.6 Å². The Morgan fingerprint density at radius 1 is 1.07 bits per heavy atom. The van der Waals surface area contributed by atoms with Crippen molar-refractivity contribution in [2.45, 2.75) is 12.9 Å². The van der Waals surface area contributed by atoms with Gasteiger partial charge in [0.2, 0.25) is 0 Å². The number of amides is 1. The molecule has 3 rings (SSSR count). The number of non-ortho nitro benzene ring substituents is 1. The van der Waals surface area contributed by atoms with Crippen LogP contribution >= 0.6 is 11.3 Å². The van der Waals surface area contributed by atoms with Crippen molar-refractivity contribution in [3.8, 4) is 5.75 Å². The molecule has 1 heterocycles. The third-order valence-corrected chi connectivity index (χ3v) is 4.76. The molecule has 0 aliphatic heterocycles. The van der Waals surface area contributed by atoms with Crippen LogP contribution < -0.4 is 15.4 Å². The number of carbonyl (C=O) groups excluding carboxylic acids is 1. The van der Waals surface area contributed by atoms with Crippen LogP contribution in [0.15, 0.2) is 60.0 Å². The standard InChI is InChI=1S/C19H14F3N3O4S/c20-19(21,22)29-15-7-3-13(4-8-15)24-18(26)17-16(9-10-30-17)23-11-12-1-5-14(6-2-12)25(27)28/h1-10,23H,11H2,(H,24,26). The van der Waals surface area contributed by atoms with Crippen LogP contribution in [-0.4, -0.2) is 17.2 Å². The molecule has 0 saturated heterocycles. The van der Waals surface area contributed by atoms with Crippen molar-refractivity contribution in [3.05, 3.63) is 80.5 Å². The predicted molar refractivity (Wildman–Crippen MR) is 106 cm³/mol. The first kappa shape index (κ1) is 21.1. The number of hydrogen-bond acceptors (Lipinski definition) is 6. The Kier molecular flexibility index (Phi) is 6.21. The van der Waals surface area contributed by atoms with E-state index >= 15 is 0 Å². The number of ether oxygens (including phenoxy) is 1. The first-order chi connectivity index (χ1) is 14.2. The molecule has 0 radical (unpaired) electrons. The molecule has 156 valence electrons. The average Bonchev–Trinajstić information content (AvgIpc) is 3.16. The number of nitro groups is 1. The van der Waals surface area contributed by atoms with E-state index in [0.29, 0.717) is 22.8 Å². The van der Waals surface area contributed by atoms with Gasteiger partial charge < -0.3 is 15.4 Å². The van der Waals surface area contributed by atoms with Gasteiger partial charge in [-0.2, -0.15) is 0 Å². The zero-order valence-corrected chi connectivity index (χ0v) is 15.9. The summed E-state index contributed by atoms with van der Waals surface area (Å²) in [5.41, 5.74) is 1.65. The third kappa shape index (κ3) is 5.70. The molecule has 0 bridgehead atoms. The quantitative estimate of drug-likeness (QED) is 0.380. The lowest BCUT2D eigenvalue weighted by atomic mass is 10.2. The summed E-state index contributed by atoms with van der Waals surface area (Å²) in [5, 5.41) is 18.1. The summed E-state index contributed by atoms with van der Waals surface area (Å²) in [4.78, 5) is 23.1. The van der Waals surface area contributed by atoms with Crippen molar-refractivity contribution >= 4 is 34.3 Å². The molecule has 0 unspecified atom stereocenters. The smallest absolute Gasteiger partial charge is 0.406 e. The summed E-state index contributed by atoms with van der Waals surface area (Å²) in [6, 6.07) is 12.5. The molecule has 2 aromatic carbocycles. The molecule has 2 N–H and O–H groups in total. The van der Waals surface area contributed by atoms with Gasteiger partial charge in [-0.25, -0.2) is 0 Å². The largest absolute Gasteiger partial charge is 0.573 e. The van der Waals surface area contributed by atoms with Crippen LogP contribution in [0.3, 0.4) is 0 Å². The Labute approximate surface area is 172 Å². The topological polar surface area (TPSA) is 93.5 Å². The second-order valence-corrected chi connectivity index (χ2v) is 6.88. The zero-order valence-electron chi connectivity index (χ0n) is 15.1. The van der Waals surface area contributed by atoms with Gasteiger partial charge in [0.25, 0.3) is 11.6 Å². The number of anilines is 2. The molecule has 1 aromatic heterocycles. The number of alkyl halides is 3. The minimum atomic E-state index is -4.79. The van der Waals surface area contributed by atoms with Gasteiger partial charge in [0, 0.05) is 24.4 Å². The molecule has 0 fully saturated rings. The molecule has 0 spiro atoms. The van der Waals surface area contributed by atoms with Gasteiger partial charge >= 0.3 is 6.36 Å². The fraction of sp³-hybridized carbons (Fsp3) is 0.105. The Morgan fingerprint density at radius 2 is 1.73 bits per heavy atom. The summed E-state index contributed by atoms with van der Waals surface area (Å²) < 4.78 is 40.4. The van der Waals surface area contributed by atoms with Crippen molar-refractivity contribution < 1.29 is 27.6 Å². The van der Waals surface area contributed by atoms with Crippen LogP contribution in [0.5, 0.6) is 5.75 Å². The predicted octanol–water partition coefficient (Wildman–Crippen LogP) is 5.42. The fourth-order valence-corrected chi connectivity index (χ4v) is 3.25. The van der Waals surface area contributed by atoms with Crippen molar-refractivity contribution in [1.82, 2.24) is 0 Å². The maximum absolute atomic E-state index is 12.5. The van der Waals surface area contributed by atoms with E-state index in [9.17, 15) is 28.1 Å². The first-order valence-electron chi connectivity index (χ1n) is 8.43. The number of thiophene rings is 1. The van der Waals surface area contributed by atoms with Crippen LogP contribution in [0.4, 0.5) is 30.2 Å². The highest BCUT2D eigenvalue weighted by Crippen LogP contribution is 2.27. The van der Waals surface area contributed by atoms with Crippen molar-refractivity contribution in [2.75, 3.05) is 10.6 Å². The van der Waals surface area contributed by atoms with E-state index in [1.54, 1.807) is 23.6 Å². The van der Waals surface area contributed by atoms with Crippen molar-refractivity contribution in [1.29, 1.82) is 0 Å². The lowest BCUT2D eigenvalue weighted by molar-refractivity contribution is -0.384. The number of nitrogens with one attached hydrogen (secondary N) is 2. The number of rotatable bonds is 7. The number of carbonyl (C=O) groups is 1. The molecule has 7 nitrogen and oxygen atoms in total. The summed E-state index contributed by atoms with van der Waals surface area (Å²) in [7, 11) is 0. The Balaban J connectivity index is 1.61. The maximum atomic E-state index is 12.5. The van der Waals surface area contributed by atoms with Crippen LogP contribution in [0, 0.1) is 10.1 Å². The molecule has 11 heteroatoms. The van der Waals surface area contributed by atoms with Crippen LogP contribution in [0.1, 0.15) is 15.2 Å². The lowest BCUT2D eigenvalue weighted by Crippen LogP contribution is -2.17. The van der Waals surface area contributed by atoms with Gasteiger partial charge in [-0.1, -0.05) is 12.1 Å². The highest BCUT2D eigenvalue weighted by molar-refractivity contribution is 7.12. The molecule has 0 aliphatic rings. The summed E-state index contributed by atoms with van der Waals surface area (Å²) in [6.07, 6.45) is -4.79. The molecule has 30 heavy (non-hydrogen) atoms. The van der Waals surface area contributed by atoms with E-state index in [-0.39, 0.29) is 11.4 Å². The molecule has 3 aromatic rings. The van der Waals surface area contributed by atoms with Gasteiger partial charge in [-0.3, -0.25) is 14.9 Å². The Bertz CT molecular complexity index is 1030. The molecule has 1 amide bonds. The number of nitrogens with zero attached hydrogens (tertiary/aromatic N) is 1. The zero-order chi connectivity index (χ0) is 21.7. The Morgan fingerprint density at radius 3 is 2.33 bits per heavy atom. The third-order valence-electron chi connectivity index (χ3n) is 3.85. The summed E-state index contributed by atoms with van der Waals surface area (Å²) >= 11 is 1.19. The van der Waals surface area contributed by atoms with Crippen molar-refractivity contribution in [3.63, 3.8) is 0 Å². The monoisotopic (exact) mass is 437 g/mol. The maximum Gasteiger partial charge on any atom is 0.573 e. The van der Waals surface area contributed by atoms with Crippen LogP contribution in [0.2, 0.25) is 0 Å². The molecule has 0 saturated carbocycles. The molecular formula is C19H14F3N3O4S. The number of halogens is 3.